The van der Waals surface area contributed by atoms with Crippen LogP contribution < -0.4 is 22.9 Å². The van der Waals surface area contributed by atoms with Gasteiger partial charge in [0.2, 0.25) is 0 Å². The third-order valence-corrected chi connectivity index (χ3v) is 6.62. The van der Waals surface area contributed by atoms with Crippen molar-refractivity contribution in [1.82, 2.24) is 9.80 Å². The maximum atomic E-state index is 10.6. The third kappa shape index (κ3) is 25.3. The third-order valence-electron chi connectivity index (χ3n) is 6.62. The molecule has 242 valence electrons. The second-order valence-electron chi connectivity index (χ2n) is 15.3. The molecule has 0 spiro atoms. The maximum absolute atomic E-state index is 10.6. The van der Waals surface area contributed by atoms with Crippen LogP contribution in [0, 0.1) is 0 Å². The quantitative estimate of drug-likeness (QED) is 0.0817. The number of hydrogen-bond donors (Lipinski definition) is 8. The highest BCUT2D eigenvalue weighted by Crippen LogP contribution is 2.16. The Hall–Kier alpha value is -0.400. The number of nitrogens with zero attached hydrogens (tertiary/aromatic N) is 2. The summed E-state index contributed by atoms with van der Waals surface area (Å²) in [5.41, 5.74) is 22.6. The number of hydrogen-bond acceptors (Lipinski definition) is 10. The van der Waals surface area contributed by atoms with Crippen LogP contribution in [0.25, 0.3) is 0 Å². The number of aliphatic hydroxyl groups excluding tert-OH is 4. The number of nitrogens with two attached hydrogens (primary N) is 4. The van der Waals surface area contributed by atoms with Gasteiger partial charge in [-0.25, -0.2) is 0 Å². The lowest BCUT2D eigenvalue weighted by Crippen LogP contribution is -2.45. The first kappa shape index (κ1) is 39.6. The molecule has 40 heavy (non-hydrogen) atoms. The van der Waals surface area contributed by atoms with Gasteiger partial charge in [-0.15, -0.1) is 0 Å². The predicted octanol–water partition coefficient (Wildman–Crippen LogP) is 1.10. The topological polar surface area (TPSA) is 191 Å². The Bertz CT molecular complexity index is 551. The number of unbranched alkanes of at least 4 members (excludes halogenated alkanes) is 3. The van der Waals surface area contributed by atoms with Crippen molar-refractivity contribution >= 4 is 0 Å². The van der Waals surface area contributed by atoms with Crippen molar-refractivity contribution in [3.8, 4) is 0 Å². The molecule has 0 fully saturated rings. The van der Waals surface area contributed by atoms with Gasteiger partial charge in [0.05, 0.1) is 24.4 Å². The maximum Gasteiger partial charge on any atom is 0.0684 e. The largest absolute Gasteiger partial charge is 0.392 e. The molecule has 10 heteroatoms. The Balaban J connectivity index is 4.90. The van der Waals surface area contributed by atoms with Crippen molar-refractivity contribution < 1.29 is 20.4 Å². The molecule has 0 aliphatic carbocycles. The molecule has 0 aromatic carbocycles. The monoisotopic (exact) mass is 577 g/mol. The summed E-state index contributed by atoms with van der Waals surface area (Å²) < 4.78 is 0. The fourth-order valence-electron chi connectivity index (χ4n) is 5.42. The van der Waals surface area contributed by atoms with Gasteiger partial charge < -0.3 is 43.4 Å². The molecule has 0 heterocycles. The second-order valence-corrected chi connectivity index (χ2v) is 15.3. The average molecular weight is 577 g/mol. The van der Waals surface area contributed by atoms with Gasteiger partial charge in [0.25, 0.3) is 0 Å². The summed E-state index contributed by atoms with van der Waals surface area (Å²) in [5.74, 6) is 0. The van der Waals surface area contributed by atoms with E-state index in [0.29, 0.717) is 51.9 Å². The minimum atomic E-state index is -0.568. The van der Waals surface area contributed by atoms with Crippen molar-refractivity contribution in [2.75, 3.05) is 39.3 Å². The molecule has 4 atom stereocenters. The minimum Gasteiger partial charge on any atom is -0.392 e. The molecule has 0 aliphatic heterocycles. The van der Waals surface area contributed by atoms with Crippen LogP contribution in [0.2, 0.25) is 0 Å². The summed E-state index contributed by atoms with van der Waals surface area (Å²) in [5, 5.41) is 42.4. The molecule has 4 unspecified atom stereocenters. The molecule has 0 rings (SSSR count). The smallest absolute Gasteiger partial charge is 0.0684 e. The zero-order chi connectivity index (χ0) is 31.4. The summed E-state index contributed by atoms with van der Waals surface area (Å²) in [6.45, 7) is 18.6. The molecular formula is C30H68N6O4. The van der Waals surface area contributed by atoms with Gasteiger partial charge in [-0.3, -0.25) is 9.80 Å². The van der Waals surface area contributed by atoms with Crippen molar-refractivity contribution in [3.05, 3.63) is 0 Å². The molecule has 0 aromatic heterocycles. The van der Waals surface area contributed by atoms with Crippen LogP contribution in [-0.2, 0) is 0 Å². The lowest BCUT2D eigenvalue weighted by atomic mass is 9.96. The van der Waals surface area contributed by atoms with Gasteiger partial charge in [0, 0.05) is 48.3 Å². The first-order valence-corrected chi connectivity index (χ1v) is 15.3. The highest BCUT2D eigenvalue weighted by atomic mass is 16.3. The molecule has 0 radical (unpaired) electrons. The number of aliphatic hydroxyl groups is 4. The molecule has 10 nitrogen and oxygen atoms in total. The Morgan fingerprint density at radius 1 is 0.425 bits per heavy atom. The van der Waals surface area contributed by atoms with Crippen LogP contribution in [0.1, 0.15) is 107 Å². The first-order valence-electron chi connectivity index (χ1n) is 15.3. The van der Waals surface area contributed by atoms with Gasteiger partial charge in [-0.05, 0) is 107 Å². The summed E-state index contributed by atoms with van der Waals surface area (Å²) >= 11 is 0. The molecule has 12 N–H and O–H groups in total. The zero-order valence-electron chi connectivity index (χ0n) is 27.2. The molecule has 0 aliphatic rings. The molecule has 0 amide bonds. The van der Waals surface area contributed by atoms with E-state index in [1.165, 1.54) is 0 Å². The van der Waals surface area contributed by atoms with Crippen LogP contribution in [-0.4, -0.2) is 116 Å². The van der Waals surface area contributed by atoms with Gasteiger partial charge in [-0.2, -0.15) is 0 Å². The zero-order valence-corrected chi connectivity index (χ0v) is 27.2. The lowest BCUT2D eigenvalue weighted by molar-refractivity contribution is 0.0458. The van der Waals surface area contributed by atoms with Crippen molar-refractivity contribution in [2.45, 2.75) is 153 Å². The first-order chi connectivity index (χ1) is 17.9. The molecule has 0 aromatic rings. The van der Waals surface area contributed by atoms with Gasteiger partial charge in [0.15, 0.2) is 0 Å². The molecular weight excluding hydrogens is 508 g/mol. The van der Waals surface area contributed by atoms with Crippen LogP contribution in [0.15, 0.2) is 0 Å². The second kappa shape index (κ2) is 17.7. The highest BCUT2D eigenvalue weighted by molar-refractivity contribution is 4.83. The molecule has 0 bridgehead atoms. The van der Waals surface area contributed by atoms with Crippen molar-refractivity contribution in [3.63, 3.8) is 0 Å². The van der Waals surface area contributed by atoms with E-state index >= 15 is 0 Å². The normalized spacial score (nSPS) is 16.9. The van der Waals surface area contributed by atoms with E-state index in [1.54, 1.807) is 0 Å². The summed E-state index contributed by atoms with van der Waals surface area (Å²) in [6, 6.07) is 0. The summed E-state index contributed by atoms with van der Waals surface area (Å²) in [4.78, 5) is 4.24. The van der Waals surface area contributed by atoms with E-state index in [-0.39, 0.29) is 0 Å². The van der Waals surface area contributed by atoms with E-state index in [2.05, 4.69) is 9.80 Å². The Morgan fingerprint density at radius 3 is 0.800 bits per heavy atom. The van der Waals surface area contributed by atoms with E-state index < -0.39 is 46.6 Å². The Kier molecular flexibility index (Phi) is 17.5. The van der Waals surface area contributed by atoms with Crippen LogP contribution in [0.4, 0.5) is 0 Å². The minimum absolute atomic E-state index is 0.460. The van der Waals surface area contributed by atoms with Gasteiger partial charge >= 0.3 is 0 Å². The predicted molar refractivity (Wildman–Crippen MR) is 167 cm³/mol. The van der Waals surface area contributed by atoms with E-state index in [4.69, 9.17) is 22.9 Å². The summed E-state index contributed by atoms with van der Waals surface area (Å²) in [6.07, 6.45) is 3.53. The van der Waals surface area contributed by atoms with Gasteiger partial charge in [-0.1, -0.05) is 12.8 Å². The standard InChI is InChI=1S/C30H68N6O4/c1-27(2,31)15-23(37)19-35(20-24(38)16-28(3,4)32)13-11-9-10-12-14-36(21-25(39)17-29(5,6)33)22-26(40)18-30(7,8)34/h23-26,37-40H,9-22,31-34H2,1-8H3. The van der Waals surface area contributed by atoms with Crippen molar-refractivity contribution in [1.29, 1.82) is 0 Å². The highest BCUT2D eigenvalue weighted by Gasteiger charge is 2.25. The van der Waals surface area contributed by atoms with Crippen LogP contribution in [0.3, 0.4) is 0 Å². The fourth-order valence-corrected chi connectivity index (χ4v) is 5.42. The average Bonchev–Trinajstić information content (AvgIpc) is 2.64. The Morgan fingerprint density at radius 2 is 0.625 bits per heavy atom. The van der Waals surface area contributed by atoms with E-state index in [0.717, 1.165) is 38.8 Å². The van der Waals surface area contributed by atoms with E-state index in [9.17, 15) is 20.4 Å². The van der Waals surface area contributed by atoms with E-state index in [1.807, 2.05) is 55.4 Å². The van der Waals surface area contributed by atoms with Crippen LogP contribution >= 0.6 is 0 Å². The molecule has 0 saturated carbocycles. The lowest BCUT2D eigenvalue weighted by Gasteiger charge is -2.32. The van der Waals surface area contributed by atoms with Crippen LogP contribution in [0.5, 0.6) is 0 Å². The molecule has 0 saturated heterocycles. The summed E-state index contributed by atoms with van der Waals surface area (Å²) in [7, 11) is 0. The van der Waals surface area contributed by atoms with Gasteiger partial charge in [0.1, 0.15) is 0 Å². The van der Waals surface area contributed by atoms with Crippen molar-refractivity contribution in [2.24, 2.45) is 22.9 Å². The Labute approximate surface area is 245 Å². The SMILES string of the molecule is CC(C)(N)CC(O)CN(CCCCCCN(CC(O)CC(C)(C)N)CC(O)CC(C)(C)N)CC(O)CC(C)(C)N. The fraction of sp³-hybridized carbons (Fsp3) is 1.00. The number of rotatable bonds is 23.